The molecule has 8 heteroatoms. The molecule has 1 N–H and O–H groups in total. The molecule has 2 amide bonds. The molecular weight excluding hydrogens is 307 g/mol. The Morgan fingerprint density at radius 3 is 2.36 bits per heavy atom. The zero-order valence-corrected chi connectivity index (χ0v) is 13.8. The largest absolute Gasteiger partial charge is 0.361 e. The van der Waals surface area contributed by atoms with Gasteiger partial charge >= 0.3 is 7.60 Å². The smallest absolute Gasteiger partial charge is 0.344 e. The third-order valence-corrected chi connectivity index (χ3v) is 5.02. The summed E-state index contributed by atoms with van der Waals surface area (Å²) >= 11 is 0. The van der Waals surface area contributed by atoms with Gasteiger partial charge in [-0.15, -0.1) is 0 Å². The Balaban J connectivity index is 3.33. The molecule has 0 aromatic heterocycles. The summed E-state index contributed by atoms with van der Waals surface area (Å²) in [6, 6.07) is 4.85. The Bertz CT molecular complexity index is 554. The summed E-state index contributed by atoms with van der Waals surface area (Å²) in [6.07, 6.45) is 1.21. The summed E-state index contributed by atoms with van der Waals surface area (Å²) in [5.74, 6) is 0. The summed E-state index contributed by atoms with van der Waals surface area (Å²) in [6.45, 7) is 4.14. The van der Waals surface area contributed by atoms with Gasteiger partial charge in [-0.3, -0.25) is 14.2 Å². The summed E-state index contributed by atoms with van der Waals surface area (Å²) in [5.41, 5.74) is 1.12. The number of rotatable bonds is 10. The molecule has 0 saturated heterocycles. The van der Waals surface area contributed by atoms with Crippen molar-refractivity contribution in [3.63, 3.8) is 0 Å². The minimum absolute atomic E-state index is 0.220. The van der Waals surface area contributed by atoms with Crippen LogP contribution in [0, 0.1) is 0 Å². The van der Waals surface area contributed by atoms with Gasteiger partial charge in [0.1, 0.15) is 0 Å². The number of hydrogen-bond donors (Lipinski definition) is 1. The van der Waals surface area contributed by atoms with Gasteiger partial charge in [0.2, 0.25) is 12.8 Å². The molecule has 0 saturated carbocycles. The Morgan fingerprint density at radius 1 is 1.23 bits per heavy atom. The van der Waals surface area contributed by atoms with E-state index in [1.165, 1.54) is 4.90 Å². The van der Waals surface area contributed by atoms with Gasteiger partial charge in [0, 0.05) is 19.3 Å². The number of benzene rings is 1. The van der Waals surface area contributed by atoms with Gasteiger partial charge in [-0.05, 0) is 37.6 Å². The molecule has 0 radical (unpaired) electrons. The van der Waals surface area contributed by atoms with E-state index in [9.17, 15) is 14.2 Å². The topological polar surface area (TPSA) is 84.9 Å². The lowest BCUT2D eigenvalue weighted by Gasteiger charge is -2.22. The van der Waals surface area contributed by atoms with Gasteiger partial charge in [0.25, 0.3) is 0 Å². The first-order valence-electron chi connectivity index (χ1n) is 6.89. The third kappa shape index (κ3) is 4.66. The molecule has 22 heavy (non-hydrogen) atoms. The van der Waals surface area contributed by atoms with Gasteiger partial charge in [0.15, 0.2) is 0 Å². The van der Waals surface area contributed by atoms with E-state index < -0.39 is 7.60 Å². The fourth-order valence-electron chi connectivity index (χ4n) is 1.96. The molecule has 1 aromatic rings. The average Bonchev–Trinajstić information content (AvgIpc) is 2.48. The average molecular weight is 328 g/mol. The summed E-state index contributed by atoms with van der Waals surface area (Å²) in [5, 5.41) is 2.91. The molecule has 0 spiro atoms. The highest BCUT2D eigenvalue weighted by Gasteiger charge is 2.30. The van der Waals surface area contributed by atoms with E-state index >= 15 is 0 Å². The van der Waals surface area contributed by atoms with Crippen molar-refractivity contribution in [2.24, 2.45) is 0 Å². The first-order valence-corrected chi connectivity index (χ1v) is 8.43. The van der Waals surface area contributed by atoms with Crippen molar-refractivity contribution in [3.05, 3.63) is 23.8 Å². The van der Waals surface area contributed by atoms with Gasteiger partial charge in [-0.2, -0.15) is 0 Å². The van der Waals surface area contributed by atoms with Crippen LogP contribution < -0.4 is 10.6 Å². The molecule has 0 aliphatic heterocycles. The van der Waals surface area contributed by atoms with E-state index in [4.69, 9.17) is 9.05 Å². The standard InChI is InChI=1S/C14H21N2O5P/c1-4-20-22(19,21-5-2)14-7-6-13(15-10-17)8-12(14)9-16(3)11-18/h6-8,10-11H,4-5,9H2,1-3H3,(H,15,17). The van der Waals surface area contributed by atoms with Crippen molar-refractivity contribution in [1.29, 1.82) is 0 Å². The number of nitrogens with one attached hydrogen (secondary N) is 1. The van der Waals surface area contributed by atoms with Gasteiger partial charge < -0.3 is 19.3 Å². The molecule has 122 valence electrons. The van der Waals surface area contributed by atoms with Crippen molar-refractivity contribution in [2.45, 2.75) is 20.4 Å². The van der Waals surface area contributed by atoms with Crippen molar-refractivity contribution >= 4 is 31.4 Å². The van der Waals surface area contributed by atoms with Crippen molar-refractivity contribution in [1.82, 2.24) is 4.90 Å². The molecule has 1 rings (SSSR count). The van der Waals surface area contributed by atoms with Crippen molar-refractivity contribution < 1.29 is 23.2 Å². The van der Waals surface area contributed by atoms with E-state index in [2.05, 4.69) is 5.32 Å². The maximum Gasteiger partial charge on any atom is 0.361 e. The fourth-order valence-corrected chi connectivity index (χ4v) is 3.74. The molecule has 0 heterocycles. The lowest BCUT2D eigenvalue weighted by Crippen LogP contribution is -2.23. The van der Waals surface area contributed by atoms with E-state index in [0.717, 1.165) is 0 Å². The lowest BCUT2D eigenvalue weighted by atomic mass is 10.2. The third-order valence-electron chi connectivity index (χ3n) is 2.80. The zero-order valence-electron chi connectivity index (χ0n) is 12.9. The second kappa shape index (κ2) is 8.68. The predicted molar refractivity (Wildman–Crippen MR) is 84.2 cm³/mol. The summed E-state index contributed by atoms with van der Waals surface area (Å²) in [4.78, 5) is 22.8. The molecule has 7 nitrogen and oxygen atoms in total. The minimum Gasteiger partial charge on any atom is -0.344 e. The summed E-state index contributed by atoms with van der Waals surface area (Å²) < 4.78 is 23.6. The molecule has 1 aromatic carbocycles. The van der Waals surface area contributed by atoms with E-state index in [0.29, 0.717) is 29.4 Å². The van der Waals surface area contributed by atoms with Crippen LogP contribution in [0.15, 0.2) is 18.2 Å². The van der Waals surface area contributed by atoms with E-state index in [1.54, 1.807) is 39.1 Å². The number of nitrogens with zero attached hydrogens (tertiary/aromatic N) is 1. The van der Waals surface area contributed by atoms with Crippen LogP contribution in [0.25, 0.3) is 0 Å². The summed E-state index contributed by atoms with van der Waals surface area (Å²) in [7, 11) is -1.87. The zero-order chi connectivity index (χ0) is 16.6. The first kappa shape index (κ1) is 18.4. The number of carbonyl (C=O) groups is 2. The van der Waals surface area contributed by atoms with Crippen LogP contribution in [0.5, 0.6) is 0 Å². The van der Waals surface area contributed by atoms with Gasteiger partial charge in [-0.1, -0.05) is 0 Å². The normalized spacial score (nSPS) is 11.0. The highest BCUT2D eigenvalue weighted by atomic mass is 31.2. The van der Waals surface area contributed by atoms with Crippen molar-refractivity contribution in [2.75, 3.05) is 25.6 Å². The monoisotopic (exact) mass is 328 g/mol. The Hall–Kier alpha value is -1.69. The van der Waals surface area contributed by atoms with Crippen LogP contribution in [-0.2, 0) is 29.7 Å². The quantitative estimate of drug-likeness (QED) is 0.522. The number of carbonyl (C=O) groups excluding carboxylic acids is 2. The van der Waals surface area contributed by atoms with E-state index in [-0.39, 0.29) is 19.8 Å². The van der Waals surface area contributed by atoms with Crippen LogP contribution in [0.3, 0.4) is 0 Å². The van der Waals surface area contributed by atoms with Crippen LogP contribution in [0.1, 0.15) is 19.4 Å². The van der Waals surface area contributed by atoms with Gasteiger partial charge in [-0.25, -0.2) is 0 Å². The first-order chi connectivity index (χ1) is 10.5. The Kier molecular flexibility index (Phi) is 7.24. The Morgan fingerprint density at radius 2 is 1.86 bits per heavy atom. The molecule has 0 unspecified atom stereocenters. The van der Waals surface area contributed by atoms with Crippen LogP contribution >= 0.6 is 7.60 Å². The Labute approximate surface area is 130 Å². The number of anilines is 1. The maximum atomic E-state index is 12.9. The van der Waals surface area contributed by atoms with E-state index in [1.807, 2.05) is 0 Å². The van der Waals surface area contributed by atoms with Crippen molar-refractivity contribution in [3.8, 4) is 0 Å². The number of amides is 2. The van der Waals surface area contributed by atoms with Crippen LogP contribution in [0.2, 0.25) is 0 Å². The van der Waals surface area contributed by atoms with Crippen LogP contribution in [-0.4, -0.2) is 38.0 Å². The molecule has 0 aliphatic carbocycles. The highest BCUT2D eigenvalue weighted by molar-refractivity contribution is 7.62. The lowest BCUT2D eigenvalue weighted by molar-refractivity contribution is -0.117. The molecule has 0 aliphatic rings. The minimum atomic E-state index is -3.47. The molecule has 0 fully saturated rings. The SMILES string of the molecule is CCOP(=O)(OCC)c1ccc(NC=O)cc1CN(C)C=O. The fraction of sp³-hybridized carbons (Fsp3) is 0.429. The number of hydrogen-bond acceptors (Lipinski definition) is 5. The van der Waals surface area contributed by atoms with Gasteiger partial charge in [0.05, 0.1) is 18.5 Å². The highest BCUT2D eigenvalue weighted by Crippen LogP contribution is 2.48. The molecular formula is C14H21N2O5P. The second-order valence-electron chi connectivity index (χ2n) is 4.46. The second-order valence-corrected chi connectivity index (χ2v) is 6.45. The predicted octanol–water partition coefficient (Wildman–Crippen LogP) is 1.73. The molecule has 0 atom stereocenters. The maximum absolute atomic E-state index is 12.9. The van der Waals surface area contributed by atoms with Crippen LogP contribution in [0.4, 0.5) is 5.69 Å². The molecule has 0 bridgehead atoms.